The molecule has 0 atom stereocenters. The molecule has 0 fully saturated rings. The fraction of sp³-hybridized carbons (Fsp3) is 0.0455. The maximum absolute atomic E-state index is 12.3. The Morgan fingerprint density at radius 2 is 1.44 bits per heavy atom. The summed E-state index contributed by atoms with van der Waals surface area (Å²) in [5.41, 5.74) is 3.36. The van der Waals surface area contributed by atoms with Gasteiger partial charge in [0.05, 0.1) is 10.6 Å². The van der Waals surface area contributed by atoms with Gasteiger partial charge in [-0.1, -0.05) is 84.4 Å². The highest BCUT2D eigenvalue weighted by atomic mass is 35.5. The van der Waals surface area contributed by atoms with E-state index in [4.69, 9.17) is 16.3 Å². The van der Waals surface area contributed by atoms with Crippen LogP contribution in [0.25, 0.3) is 11.6 Å². The lowest BCUT2D eigenvalue weighted by Gasteiger charge is -2.10. The van der Waals surface area contributed by atoms with Gasteiger partial charge in [0.1, 0.15) is 6.61 Å². The van der Waals surface area contributed by atoms with E-state index in [0.717, 1.165) is 16.7 Å². The highest BCUT2D eigenvalue weighted by Crippen LogP contribution is 2.21. The first kappa shape index (κ1) is 17.0. The Balaban J connectivity index is 1.83. The second-order valence-electron chi connectivity index (χ2n) is 5.50. The van der Waals surface area contributed by atoms with Crippen molar-refractivity contribution >= 4 is 29.2 Å². The third kappa shape index (κ3) is 4.59. The van der Waals surface area contributed by atoms with Crippen molar-refractivity contribution in [2.75, 3.05) is 6.61 Å². The topological polar surface area (TPSA) is 26.3 Å². The maximum atomic E-state index is 12.3. The number of hydrogen-bond donors (Lipinski definition) is 0. The van der Waals surface area contributed by atoms with Gasteiger partial charge in [0.2, 0.25) is 0 Å². The third-order valence-electron chi connectivity index (χ3n) is 3.74. The van der Waals surface area contributed by atoms with Crippen LogP contribution in [-0.2, 0) is 4.74 Å². The average molecular weight is 349 g/mol. The van der Waals surface area contributed by atoms with Crippen molar-refractivity contribution < 1.29 is 9.53 Å². The molecule has 0 bridgehead atoms. The highest BCUT2D eigenvalue weighted by Gasteiger charge is 2.12. The molecule has 2 nitrogen and oxygen atoms in total. The van der Waals surface area contributed by atoms with Crippen molar-refractivity contribution in [2.45, 2.75) is 0 Å². The SMILES string of the molecule is O=C(OC/C(=C/c1ccccc1)c1ccccc1)c1ccccc1Cl. The van der Waals surface area contributed by atoms with Gasteiger partial charge in [0.15, 0.2) is 0 Å². The first-order chi connectivity index (χ1) is 12.2. The predicted octanol–water partition coefficient (Wildman–Crippen LogP) is 5.74. The number of benzene rings is 3. The minimum atomic E-state index is -0.430. The van der Waals surface area contributed by atoms with Crippen molar-refractivity contribution in [3.8, 4) is 0 Å². The molecular weight excluding hydrogens is 332 g/mol. The van der Waals surface area contributed by atoms with Gasteiger partial charge in [-0.05, 0) is 34.9 Å². The van der Waals surface area contributed by atoms with E-state index in [-0.39, 0.29) is 6.61 Å². The molecule has 0 spiro atoms. The summed E-state index contributed by atoms with van der Waals surface area (Å²) in [6, 6.07) is 26.7. The summed E-state index contributed by atoms with van der Waals surface area (Å²) in [6.07, 6.45) is 2.02. The molecule has 124 valence electrons. The van der Waals surface area contributed by atoms with Gasteiger partial charge in [0.25, 0.3) is 0 Å². The van der Waals surface area contributed by atoms with Gasteiger partial charge in [0, 0.05) is 0 Å². The second-order valence-corrected chi connectivity index (χ2v) is 5.91. The van der Waals surface area contributed by atoms with E-state index in [1.54, 1.807) is 24.3 Å². The molecule has 3 aromatic carbocycles. The highest BCUT2D eigenvalue weighted by molar-refractivity contribution is 6.33. The molecule has 3 aromatic rings. The molecule has 0 heterocycles. The predicted molar refractivity (Wildman–Crippen MR) is 102 cm³/mol. The van der Waals surface area contributed by atoms with Crippen LogP contribution in [0.1, 0.15) is 21.5 Å². The van der Waals surface area contributed by atoms with Crippen LogP contribution >= 0.6 is 11.6 Å². The van der Waals surface area contributed by atoms with Crippen LogP contribution in [0, 0.1) is 0 Å². The monoisotopic (exact) mass is 348 g/mol. The van der Waals surface area contributed by atoms with Gasteiger partial charge in [-0.25, -0.2) is 4.79 Å². The van der Waals surface area contributed by atoms with Crippen molar-refractivity contribution in [1.82, 2.24) is 0 Å². The van der Waals surface area contributed by atoms with E-state index < -0.39 is 5.97 Å². The lowest BCUT2D eigenvalue weighted by atomic mass is 10.0. The molecule has 0 amide bonds. The number of carbonyl (C=O) groups is 1. The van der Waals surface area contributed by atoms with E-state index in [1.807, 2.05) is 66.7 Å². The van der Waals surface area contributed by atoms with Gasteiger partial charge >= 0.3 is 5.97 Å². The molecule has 25 heavy (non-hydrogen) atoms. The number of esters is 1. The molecule has 0 aromatic heterocycles. The van der Waals surface area contributed by atoms with Gasteiger partial charge < -0.3 is 4.74 Å². The average Bonchev–Trinajstić information content (AvgIpc) is 2.67. The van der Waals surface area contributed by atoms with Crippen molar-refractivity contribution in [1.29, 1.82) is 0 Å². The Labute approximate surface area is 152 Å². The van der Waals surface area contributed by atoms with Crippen molar-refractivity contribution in [3.63, 3.8) is 0 Å². The minimum Gasteiger partial charge on any atom is -0.457 e. The molecule has 3 heteroatoms. The third-order valence-corrected chi connectivity index (χ3v) is 4.07. The van der Waals surface area contributed by atoms with E-state index in [9.17, 15) is 4.79 Å². The second kappa shape index (κ2) is 8.32. The summed E-state index contributed by atoms with van der Waals surface area (Å²) in [4.78, 5) is 12.3. The van der Waals surface area contributed by atoms with E-state index >= 15 is 0 Å². The van der Waals surface area contributed by atoms with Gasteiger partial charge in [-0.2, -0.15) is 0 Å². The smallest absolute Gasteiger partial charge is 0.339 e. The Morgan fingerprint density at radius 3 is 2.12 bits per heavy atom. The minimum absolute atomic E-state index is 0.170. The zero-order chi connectivity index (χ0) is 17.5. The fourth-order valence-electron chi connectivity index (χ4n) is 2.46. The molecule has 0 saturated carbocycles. The van der Waals surface area contributed by atoms with Crippen molar-refractivity contribution in [3.05, 3.63) is 107 Å². The van der Waals surface area contributed by atoms with Crippen LogP contribution in [0.4, 0.5) is 0 Å². The number of carbonyl (C=O) groups excluding carboxylic acids is 1. The Morgan fingerprint density at radius 1 is 0.840 bits per heavy atom. The number of halogens is 1. The molecular formula is C22H17ClO2. The van der Waals surface area contributed by atoms with Crippen LogP contribution < -0.4 is 0 Å². The number of rotatable bonds is 5. The summed E-state index contributed by atoms with van der Waals surface area (Å²) >= 11 is 6.07. The molecule has 0 aliphatic heterocycles. The maximum Gasteiger partial charge on any atom is 0.339 e. The lowest BCUT2D eigenvalue weighted by molar-refractivity contribution is 0.0557. The lowest BCUT2D eigenvalue weighted by Crippen LogP contribution is -2.08. The Hall–Kier alpha value is -2.84. The van der Waals surface area contributed by atoms with E-state index in [0.29, 0.717) is 10.6 Å². The summed E-state index contributed by atoms with van der Waals surface area (Å²) in [5.74, 6) is -0.430. The standard InChI is InChI=1S/C22H17ClO2/c23-21-14-8-7-13-20(21)22(24)25-16-19(18-11-5-2-6-12-18)15-17-9-3-1-4-10-17/h1-15H,16H2/b19-15-. The summed E-state index contributed by atoms with van der Waals surface area (Å²) in [6.45, 7) is 0.170. The van der Waals surface area contributed by atoms with Crippen LogP contribution in [0.5, 0.6) is 0 Å². The molecule has 0 N–H and O–H groups in total. The first-order valence-corrected chi connectivity index (χ1v) is 8.34. The molecule has 0 aliphatic carbocycles. The fourth-order valence-corrected chi connectivity index (χ4v) is 2.67. The molecule has 3 rings (SSSR count). The van der Waals surface area contributed by atoms with Crippen LogP contribution in [0.15, 0.2) is 84.9 Å². The Bertz CT molecular complexity index is 871. The molecule has 0 unspecified atom stereocenters. The van der Waals surface area contributed by atoms with E-state index in [1.165, 1.54) is 0 Å². The quantitative estimate of drug-likeness (QED) is 0.434. The number of ether oxygens (including phenoxy) is 1. The summed E-state index contributed by atoms with van der Waals surface area (Å²) in [7, 11) is 0. The van der Waals surface area contributed by atoms with Crippen LogP contribution in [0.3, 0.4) is 0 Å². The summed E-state index contributed by atoms with van der Waals surface area (Å²) in [5, 5.41) is 0.390. The van der Waals surface area contributed by atoms with Gasteiger partial charge in [-0.15, -0.1) is 0 Å². The number of hydrogen-bond acceptors (Lipinski definition) is 2. The normalized spacial score (nSPS) is 11.2. The Kier molecular flexibility index (Phi) is 5.65. The van der Waals surface area contributed by atoms with Crippen LogP contribution in [-0.4, -0.2) is 12.6 Å². The van der Waals surface area contributed by atoms with E-state index in [2.05, 4.69) is 0 Å². The zero-order valence-corrected chi connectivity index (χ0v) is 14.3. The first-order valence-electron chi connectivity index (χ1n) is 7.97. The van der Waals surface area contributed by atoms with Crippen LogP contribution in [0.2, 0.25) is 5.02 Å². The van der Waals surface area contributed by atoms with Gasteiger partial charge in [-0.3, -0.25) is 0 Å². The molecule has 0 saturated heterocycles. The zero-order valence-electron chi connectivity index (χ0n) is 13.6. The summed E-state index contributed by atoms with van der Waals surface area (Å²) < 4.78 is 5.51. The molecule has 0 radical (unpaired) electrons. The van der Waals surface area contributed by atoms with Crippen molar-refractivity contribution in [2.24, 2.45) is 0 Å². The molecule has 0 aliphatic rings. The largest absolute Gasteiger partial charge is 0.457 e.